The first-order valence-electron chi connectivity index (χ1n) is 15.4. The van der Waals surface area contributed by atoms with Crippen LogP contribution in [0.1, 0.15) is 0 Å². The molecule has 10 aromatic rings. The lowest BCUT2D eigenvalue weighted by Gasteiger charge is -2.09. The molecule has 0 spiro atoms. The Balaban J connectivity index is 1.26. The molecule has 0 aliphatic rings. The van der Waals surface area contributed by atoms with Crippen LogP contribution in [-0.4, -0.2) is 9.13 Å². The fraction of sp³-hybridized carbons (Fsp3) is 0. The molecule has 3 aromatic heterocycles. The van der Waals surface area contributed by atoms with Crippen molar-refractivity contribution >= 4 is 75.1 Å². The summed E-state index contributed by atoms with van der Waals surface area (Å²) in [7, 11) is 0. The molecule has 0 amide bonds. The highest BCUT2D eigenvalue weighted by Gasteiger charge is 2.19. The summed E-state index contributed by atoms with van der Waals surface area (Å²) in [5.41, 5.74) is 9.74. The molecule has 0 unspecified atom stereocenters. The van der Waals surface area contributed by atoms with Gasteiger partial charge in [0.15, 0.2) is 0 Å². The summed E-state index contributed by atoms with van der Waals surface area (Å²) in [4.78, 5) is 0. The molecule has 0 N–H and O–H groups in total. The molecule has 0 fully saturated rings. The fourth-order valence-corrected chi connectivity index (χ4v) is 8.59. The van der Waals surface area contributed by atoms with Gasteiger partial charge < -0.3 is 9.13 Å². The third kappa shape index (κ3) is 3.56. The van der Waals surface area contributed by atoms with Crippen LogP contribution >= 0.6 is 11.3 Å². The summed E-state index contributed by atoms with van der Waals surface area (Å²) in [6.07, 6.45) is 0. The predicted octanol–water partition coefficient (Wildman–Crippen LogP) is 11.9. The van der Waals surface area contributed by atoms with E-state index in [4.69, 9.17) is 0 Å². The zero-order valence-corrected chi connectivity index (χ0v) is 25.1. The highest BCUT2D eigenvalue weighted by Crippen LogP contribution is 2.44. The molecule has 0 radical (unpaired) electrons. The second-order valence-electron chi connectivity index (χ2n) is 11.8. The van der Waals surface area contributed by atoms with E-state index in [-0.39, 0.29) is 0 Å². The van der Waals surface area contributed by atoms with E-state index in [9.17, 15) is 0 Å². The lowest BCUT2D eigenvalue weighted by atomic mass is 10.00. The van der Waals surface area contributed by atoms with Gasteiger partial charge in [-0.05, 0) is 77.9 Å². The van der Waals surface area contributed by atoms with Crippen LogP contribution in [0.2, 0.25) is 0 Å². The highest BCUT2D eigenvalue weighted by atomic mass is 32.1. The average Bonchev–Trinajstić information content (AvgIpc) is 3.76. The van der Waals surface area contributed by atoms with Crippen molar-refractivity contribution in [3.8, 4) is 22.5 Å². The first-order valence-corrected chi connectivity index (χ1v) is 16.2. The minimum Gasteiger partial charge on any atom is -0.309 e. The van der Waals surface area contributed by atoms with E-state index < -0.39 is 0 Å². The normalized spacial score (nSPS) is 12.0. The maximum atomic E-state index is 2.43. The molecule has 3 heteroatoms. The average molecular weight is 591 g/mol. The van der Waals surface area contributed by atoms with E-state index in [1.165, 1.54) is 86.3 Å². The lowest BCUT2D eigenvalue weighted by molar-refractivity contribution is 1.18. The van der Waals surface area contributed by atoms with E-state index >= 15 is 0 Å². The molecule has 0 atom stereocenters. The number of thiophene rings is 1. The van der Waals surface area contributed by atoms with Crippen LogP contribution in [0.4, 0.5) is 0 Å². The van der Waals surface area contributed by atoms with E-state index in [1.54, 1.807) is 0 Å². The van der Waals surface area contributed by atoms with Gasteiger partial charge >= 0.3 is 0 Å². The minimum absolute atomic E-state index is 1.18. The zero-order valence-electron chi connectivity index (χ0n) is 24.3. The maximum absolute atomic E-state index is 2.43. The number of nitrogens with zero attached hydrogens (tertiary/aromatic N) is 2. The number of aromatic nitrogens is 2. The van der Waals surface area contributed by atoms with E-state index in [1.807, 2.05) is 11.3 Å². The summed E-state index contributed by atoms with van der Waals surface area (Å²) >= 11 is 1.90. The van der Waals surface area contributed by atoms with Crippen LogP contribution in [0.25, 0.3) is 86.3 Å². The predicted molar refractivity (Wildman–Crippen MR) is 193 cm³/mol. The number of rotatable bonds is 3. The molecule has 0 saturated carbocycles. The van der Waals surface area contributed by atoms with E-state index in [0.29, 0.717) is 0 Å². The van der Waals surface area contributed by atoms with Crippen LogP contribution in [-0.2, 0) is 0 Å². The van der Waals surface area contributed by atoms with Crippen molar-refractivity contribution < 1.29 is 0 Å². The third-order valence-corrected chi connectivity index (χ3v) is 10.5. The molecule has 0 bridgehead atoms. The molecule has 0 aliphatic heterocycles. The molecule has 0 aliphatic carbocycles. The van der Waals surface area contributed by atoms with Crippen molar-refractivity contribution in [2.75, 3.05) is 0 Å². The Hall–Kier alpha value is -5.64. The van der Waals surface area contributed by atoms with Gasteiger partial charge in [0.2, 0.25) is 0 Å². The van der Waals surface area contributed by atoms with Crippen molar-refractivity contribution in [1.82, 2.24) is 9.13 Å². The smallest absolute Gasteiger partial charge is 0.0555 e. The Bertz CT molecular complexity index is 2740. The van der Waals surface area contributed by atoms with Gasteiger partial charge in [-0.1, -0.05) is 91.0 Å². The monoisotopic (exact) mass is 590 g/mol. The third-order valence-electron chi connectivity index (χ3n) is 9.31. The molecule has 45 heavy (non-hydrogen) atoms. The topological polar surface area (TPSA) is 9.86 Å². The number of hydrogen-bond donors (Lipinski definition) is 0. The van der Waals surface area contributed by atoms with Gasteiger partial charge in [-0.3, -0.25) is 0 Å². The van der Waals surface area contributed by atoms with E-state index in [0.717, 1.165) is 0 Å². The van der Waals surface area contributed by atoms with Crippen molar-refractivity contribution in [3.05, 3.63) is 158 Å². The van der Waals surface area contributed by atoms with Crippen molar-refractivity contribution in [2.45, 2.75) is 0 Å². The van der Waals surface area contributed by atoms with Crippen LogP contribution in [0, 0.1) is 0 Å². The summed E-state index contributed by atoms with van der Waals surface area (Å²) in [6.45, 7) is 0. The minimum atomic E-state index is 1.18. The van der Waals surface area contributed by atoms with Crippen molar-refractivity contribution in [3.63, 3.8) is 0 Å². The maximum Gasteiger partial charge on any atom is 0.0555 e. The van der Waals surface area contributed by atoms with Crippen LogP contribution < -0.4 is 0 Å². The second-order valence-corrected chi connectivity index (χ2v) is 12.8. The zero-order chi connectivity index (χ0) is 29.5. The van der Waals surface area contributed by atoms with Gasteiger partial charge in [0.25, 0.3) is 0 Å². The molecular formula is C42H26N2S. The molecule has 0 saturated heterocycles. The Labute approximate surface area is 263 Å². The summed E-state index contributed by atoms with van der Waals surface area (Å²) in [6, 6.07) is 57.6. The van der Waals surface area contributed by atoms with Crippen LogP contribution in [0.3, 0.4) is 0 Å². The van der Waals surface area contributed by atoms with Crippen molar-refractivity contribution in [2.24, 2.45) is 0 Å². The number of fused-ring (bicyclic) bond motifs is 10. The van der Waals surface area contributed by atoms with Crippen LogP contribution in [0.15, 0.2) is 158 Å². The fourth-order valence-electron chi connectivity index (χ4n) is 7.33. The summed E-state index contributed by atoms with van der Waals surface area (Å²) in [5, 5.41) is 7.82. The van der Waals surface area contributed by atoms with E-state index in [2.05, 4.69) is 167 Å². The molecule has 2 nitrogen and oxygen atoms in total. The Morgan fingerprint density at radius 3 is 1.62 bits per heavy atom. The van der Waals surface area contributed by atoms with Gasteiger partial charge in [0, 0.05) is 53.1 Å². The Morgan fingerprint density at radius 2 is 0.889 bits per heavy atom. The van der Waals surface area contributed by atoms with Crippen molar-refractivity contribution in [1.29, 1.82) is 0 Å². The summed E-state index contributed by atoms with van der Waals surface area (Å²) in [5.74, 6) is 0. The van der Waals surface area contributed by atoms with Crippen LogP contribution in [0.5, 0.6) is 0 Å². The number of para-hydroxylation sites is 3. The van der Waals surface area contributed by atoms with Gasteiger partial charge in [-0.2, -0.15) is 0 Å². The molecule has 210 valence electrons. The van der Waals surface area contributed by atoms with Gasteiger partial charge in [-0.25, -0.2) is 0 Å². The number of benzene rings is 7. The standard InChI is InChI=1S/C42H26N2S/c1-3-11-29(12-4-1)43-36-17-9-7-15-31(36)34-25-27(19-22-37(34)43)28-20-23-38-35(26-28)41-39(44(38)30-13-5-2-6-14-30)24-21-33-32-16-8-10-18-40(32)45-42(33)41/h1-26H. The second kappa shape index (κ2) is 9.43. The summed E-state index contributed by atoms with van der Waals surface area (Å²) < 4.78 is 7.49. The molecule has 10 rings (SSSR count). The molecule has 3 heterocycles. The Kier molecular flexibility index (Phi) is 5.19. The highest BCUT2D eigenvalue weighted by molar-refractivity contribution is 7.26. The molecular weight excluding hydrogens is 565 g/mol. The van der Waals surface area contributed by atoms with Gasteiger partial charge in [0.05, 0.1) is 22.1 Å². The SMILES string of the molecule is c1ccc(-n2c3ccccc3c3cc(-c4ccc5c(c4)c4c6sc7ccccc7c6ccc4n5-c4ccccc4)ccc32)cc1. The first kappa shape index (κ1) is 24.8. The first-order chi connectivity index (χ1) is 22.3. The Morgan fingerprint density at radius 1 is 0.356 bits per heavy atom. The van der Waals surface area contributed by atoms with Gasteiger partial charge in [0.1, 0.15) is 0 Å². The lowest BCUT2D eigenvalue weighted by Crippen LogP contribution is -1.93. The quantitative estimate of drug-likeness (QED) is 0.194. The molecule has 7 aromatic carbocycles. The van der Waals surface area contributed by atoms with Gasteiger partial charge in [-0.15, -0.1) is 11.3 Å². The largest absolute Gasteiger partial charge is 0.309 e. The number of hydrogen-bond acceptors (Lipinski definition) is 1.